The van der Waals surface area contributed by atoms with Crippen molar-refractivity contribution < 1.29 is 4.39 Å². The lowest BCUT2D eigenvalue weighted by Crippen LogP contribution is -2.19. The summed E-state index contributed by atoms with van der Waals surface area (Å²) in [4.78, 5) is 5.52. The molecule has 0 atom stereocenters. The highest BCUT2D eigenvalue weighted by molar-refractivity contribution is 6.30. The topological polar surface area (TPSA) is 16.1 Å². The van der Waals surface area contributed by atoms with Crippen LogP contribution in [-0.4, -0.2) is 18.6 Å². The van der Waals surface area contributed by atoms with Crippen molar-refractivity contribution in [2.75, 3.05) is 18.5 Å². The van der Waals surface area contributed by atoms with Crippen molar-refractivity contribution in [1.82, 2.24) is 4.98 Å². The first-order valence-corrected chi connectivity index (χ1v) is 4.16. The molecule has 1 rings (SSSR count). The van der Waals surface area contributed by atoms with Crippen LogP contribution in [0.2, 0.25) is 5.02 Å². The summed E-state index contributed by atoms with van der Waals surface area (Å²) in [6, 6.07) is 1.24. The Morgan fingerprint density at radius 1 is 1.77 bits per heavy atom. The zero-order chi connectivity index (χ0) is 9.84. The molecule has 13 heavy (non-hydrogen) atoms. The fourth-order valence-corrected chi connectivity index (χ4v) is 1.11. The summed E-state index contributed by atoms with van der Waals surface area (Å²) in [6.07, 6.45) is 3.09. The number of likely N-dealkylation sites (N-methyl/N-ethyl adjacent to an activating group) is 1. The Balaban J connectivity index is 2.94. The Kier molecular flexibility index (Phi) is 3.25. The molecule has 0 radical (unpaired) electrons. The van der Waals surface area contributed by atoms with Gasteiger partial charge < -0.3 is 4.90 Å². The summed E-state index contributed by atoms with van der Waals surface area (Å²) in [5.41, 5.74) is 0. The van der Waals surface area contributed by atoms with E-state index >= 15 is 0 Å². The van der Waals surface area contributed by atoms with E-state index in [4.69, 9.17) is 11.6 Å². The molecular weight excluding hydrogens is 191 g/mol. The summed E-state index contributed by atoms with van der Waals surface area (Å²) in [7, 11) is 1.74. The van der Waals surface area contributed by atoms with Gasteiger partial charge in [-0.15, -0.1) is 6.58 Å². The van der Waals surface area contributed by atoms with E-state index in [2.05, 4.69) is 11.6 Å². The van der Waals surface area contributed by atoms with Crippen molar-refractivity contribution >= 4 is 17.4 Å². The van der Waals surface area contributed by atoms with Gasteiger partial charge in [0.1, 0.15) is 0 Å². The van der Waals surface area contributed by atoms with E-state index in [1.165, 1.54) is 12.3 Å². The molecule has 0 saturated heterocycles. The zero-order valence-electron chi connectivity index (χ0n) is 7.30. The molecule has 0 aromatic carbocycles. The van der Waals surface area contributed by atoms with Crippen LogP contribution in [0, 0.1) is 5.82 Å². The predicted octanol–water partition coefficient (Wildman–Crippen LogP) is 2.50. The van der Waals surface area contributed by atoms with Crippen LogP contribution in [0.3, 0.4) is 0 Å². The molecule has 70 valence electrons. The average Bonchev–Trinajstić information content (AvgIpc) is 2.04. The third-order valence-corrected chi connectivity index (χ3v) is 1.76. The Bertz CT molecular complexity index is 314. The third kappa shape index (κ3) is 2.42. The van der Waals surface area contributed by atoms with Gasteiger partial charge in [-0.1, -0.05) is 17.7 Å². The van der Waals surface area contributed by atoms with Crippen molar-refractivity contribution in [2.45, 2.75) is 0 Å². The number of hydrogen-bond donors (Lipinski definition) is 0. The predicted molar refractivity (Wildman–Crippen MR) is 52.7 cm³/mol. The maximum Gasteiger partial charge on any atom is 0.167 e. The Morgan fingerprint density at radius 3 is 3.00 bits per heavy atom. The normalized spacial score (nSPS) is 9.77. The highest BCUT2D eigenvalue weighted by Gasteiger charge is 2.07. The summed E-state index contributed by atoms with van der Waals surface area (Å²) in [5.74, 6) is -0.138. The Labute approximate surface area is 81.6 Å². The standard InChI is InChI=1S/C9H10ClFN2/c1-3-4-13(2)9-8(11)5-7(10)6-12-9/h3,5-6H,1,4H2,2H3. The van der Waals surface area contributed by atoms with Crippen LogP contribution in [0.15, 0.2) is 24.9 Å². The summed E-state index contributed by atoms with van der Waals surface area (Å²) < 4.78 is 13.2. The fourth-order valence-electron chi connectivity index (χ4n) is 0.968. The van der Waals surface area contributed by atoms with Gasteiger partial charge in [0, 0.05) is 19.8 Å². The molecule has 1 aromatic rings. The van der Waals surface area contributed by atoms with E-state index in [0.717, 1.165) is 0 Å². The van der Waals surface area contributed by atoms with Crippen molar-refractivity contribution in [1.29, 1.82) is 0 Å². The number of halogens is 2. The van der Waals surface area contributed by atoms with Crippen LogP contribution < -0.4 is 4.90 Å². The minimum Gasteiger partial charge on any atom is -0.354 e. The van der Waals surface area contributed by atoms with E-state index in [1.807, 2.05) is 0 Å². The highest BCUT2D eigenvalue weighted by Crippen LogP contribution is 2.18. The summed E-state index contributed by atoms with van der Waals surface area (Å²) >= 11 is 5.56. The highest BCUT2D eigenvalue weighted by atomic mass is 35.5. The van der Waals surface area contributed by atoms with Crippen molar-refractivity contribution in [3.05, 3.63) is 35.8 Å². The smallest absolute Gasteiger partial charge is 0.167 e. The van der Waals surface area contributed by atoms with Gasteiger partial charge in [0.2, 0.25) is 0 Å². The molecule has 1 aromatic heterocycles. The van der Waals surface area contributed by atoms with Crippen LogP contribution in [0.4, 0.5) is 10.2 Å². The second kappa shape index (κ2) is 4.23. The molecule has 4 heteroatoms. The maximum atomic E-state index is 13.2. The molecule has 0 amide bonds. The van der Waals surface area contributed by atoms with Gasteiger partial charge >= 0.3 is 0 Å². The minimum absolute atomic E-state index is 0.282. The molecule has 0 aliphatic heterocycles. The van der Waals surface area contributed by atoms with E-state index in [-0.39, 0.29) is 5.82 Å². The lowest BCUT2D eigenvalue weighted by molar-refractivity contribution is 0.618. The molecule has 0 N–H and O–H groups in total. The minimum atomic E-state index is -0.420. The maximum absolute atomic E-state index is 13.2. The second-order valence-electron chi connectivity index (χ2n) is 2.63. The number of aromatic nitrogens is 1. The van der Waals surface area contributed by atoms with Gasteiger partial charge in [-0.3, -0.25) is 0 Å². The molecular formula is C9H10ClFN2. The molecule has 1 heterocycles. The molecule has 0 bridgehead atoms. The van der Waals surface area contributed by atoms with Crippen molar-refractivity contribution in [3.8, 4) is 0 Å². The molecule has 0 spiro atoms. The van der Waals surface area contributed by atoms with Crippen LogP contribution in [0.5, 0.6) is 0 Å². The van der Waals surface area contributed by atoms with E-state index in [9.17, 15) is 4.39 Å². The van der Waals surface area contributed by atoms with Crippen LogP contribution in [-0.2, 0) is 0 Å². The van der Waals surface area contributed by atoms with E-state index in [0.29, 0.717) is 11.6 Å². The fraction of sp³-hybridized carbons (Fsp3) is 0.222. The Morgan fingerprint density at radius 2 is 2.46 bits per heavy atom. The average molecular weight is 201 g/mol. The van der Waals surface area contributed by atoms with Gasteiger partial charge in [-0.2, -0.15) is 0 Å². The Hall–Kier alpha value is -1.09. The molecule has 2 nitrogen and oxygen atoms in total. The van der Waals surface area contributed by atoms with Gasteiger partial charge in [-0.05, 0) is 6.07 Å². The SMILES string of the molecule is C=CCN(C)c1ncc(Cl)cc1F. The second-order valence-corrected chi connectivity index (χ2v) is 3.06. The van der Waals surface area contributed by atoms with E-state index < -0.39 is 5.82 Å². The lowest BCUT2D eigenvalue weighted by atomic mass is 10.4. The molecule has 0 saturated carbocycles. The largest absolute Gasteiger partial charge is 0.354 e. The number of pyridine rings is 1. The third-order valence-electron chi connectivity index (χ3n) is 1.55. The quantitative estimate of drug-likeness (QED) is 0.697. The van der Waals surface area contributed by atoms with Crippen molar-refractivity contribution in [3.63, 3.8) is 0 Å². The van der Waals surface area contributed by atoms with Crippen LogP contribution in [0.1, 0.15) is 0 Å². The number of hydrogen-bond acceptors (Lipinski definition) is 2. The van der Waals surface area contributed by atoms with Gasteiger partial charge in [0.05, 0.1) is 5.02 Å². The molecule has 0 unspecified atom stereocenters. The summed E-state index contributed by atoms with van der Waals surface area (Å²) in [5, 5.41) is 0.299. The number of rotatable bonds is 3. The first-order valence-electron chi connectivity index (χ1n) is 3.78. The first-order chi connectivity index (χ1) is 6.15. The zero-order valence-corrected chi connectivity index (χ0v) is 8.05. The number of nitrogens with zero attached hydrogens (tertiary/aromatic N) is 2. The molecule has 0 aliphatic rings. The van der Waals surface area contributed by atoms with Crippen LogP contribution in [0.25, 0.3) is 0 Å². The molecule has 0 fully saturated rings. The van der Waals surface area contributed by atoms with Crippen molar-refractivity contribution in [2.24, 2.45) is 0 Å². The number of anilines is 1. The summed E-state index contributed by atoms with van der Waals surface area (Å²) in [6.45, 7) is 4.10. The van der Waals surface area contributed by atoms with Gasteiger partial charge in [0.15, 0.2) is 11.6 Å². The van der Waals surface area contributed by atoms with Crippen LogP contribution >= 0.6 is 11.6 Å². The van der Waals surface area contributed by atoms with Gasteiger partial charge in [-0.25, -0.2) is 9.37 Å². The lowest BCUT2D eigenvalue weighted by Gasteiger charge is -2.15. The van der Waals surface area contributed by atoms with Gasteiger partial charge in [0.25, 0.3) is 0 Å². The van der Waals surface area contributed by atoms with E-state index in [1.54, 1.807) is 18.0 Å². The monoisotopic (exact) mass is 200 g/mol. The molecule has 0 aliphatic carbocycles. The first kappa shape index (κ1) is 9.99.